The summed E-state index contributed by atoms with van der Waals surface area (Å²) in [6.45, 7) is 9.56. The fourth-order valence-corrected chi connectivity index (χ4v) is 11.1. The van der Waals surface area contributed by atoms with Crippen molar-refractivity contribution in [1.29, 1.82) is 0 Å². The van der Waals surface area contributed by atoms with E-state index in [-0.39, 0.29) is 10.8 Å². The molecule has 64 heavy (non-hydrogen) atoms. The molecule has 0 amide bonds. The predicted molar refractivity (Wildman–Crippen MR) is 271 cm³/mol. The minimum absolute atomic E-state index is 0.161. The van der Waals surface area contributed by atoms with Crippen LogP contribution in [-0.2, 0) is 10.8 Å². The lowest BCUT2D eigenvalue weighted by molar-refractivity contribution is 0.634. The molecule has 0 bridgehead atoms. The zero-order valence-corrected chi connectivity index (χ0v) is 36.7. The molecule has 0 saturated carbocycles. The lowest BCUT2D eigenvalue weighted by Crippen LogP contribution is -2.32. The van der Waals surface area contributed by atoms with Crippen molar-refractivity contribution in [3.05, 3.63) is 241 Å². The molecule has 0 saturated heterocycles. The maximum absolute atomic E-state index is 2.58. The third-order valence-electron chi connectivity index (χ3n) is 14.2. The fraction of sp³-hybridized carbons (Fsp3) is 0.0968. The van der Waals surface area contributed by atoms with Crippen LogP contribution in [0.4, 0.5) is 34.1 Å². The standard InChI is InChI=1S/C62H48N2/c1-61(2)53-28-13-12-25-50(53)51-38-37-46(40-55(51)61)63(45-35-32-42(33-36-45)41-18-6-5-7-19-41)58-39-34-44-21-9-11-24-48(44)60(58)64-56-30-15-14-29-54(56)62(3,4)59-52(27-17-31-57(59)64)49-26-16-22-43-20-8-10-23-47(43)49/h5-40H,1-4H3. The highest BCUT2D eigenvalue weighted by Crippen LogP contribution is 2.59. The summed E-state index contributed by atoms with van der Waals surface area (Å²) in [6.07, 6.45) is 0. The van der Waals surface area contributed by atoms with Crippen molar-refractivity contribution >= 4 is 55.7 Å². The number of para-hydroxylation sites is 1. The van der Waals surface area contributed by atoms with Gasteiger partial charge in [0.1, 0.15) is 0 Å². The van der Waals surface area contributed by atoms with Crippen molar-refractivity contribution in [2.45, 2.75) is 38.5 Å². The molecule has 2 nitrogen and oxygen atoms in total. The average Bonchev–Trinajstić information content (AvgIpc) is 3.57. The fourth-order valence-electron chi connectivity index (χ4n) is 11.1. The summed E-state index contributed by atoms with van der Waals surface area (Å²) in [6, 6.07) is 81.0. The van der Waals surface area contributed by atoms with Gasteiger partial charge in [0, 0.05) is 27.6 Å². The Hall–Kier alpha value is -7.68. The van der Waals surface area contributed by atoms with E-state index in [1.54, 1.807) is 0 Å². The van der Waals surface area contributed by atoms with Crippen LogP contribution in [0.25, 0.3) is 54.9 Å². The third kappa shape index (κ3) is 5.72. The minimum atomic E-state index is -0.311. The summed E-state index contributed by atoms with van der Waals surface area (Å²) in [5, 5.41) is 4.89. The molecule has 0 spiro atoms. The molecule has 0 N–H and O–H groups in total. The first kappa shape index (κ1) is 38.0. The van der Waals surface area contributed by atoms with Crippen LogP contribution in [0.3, 0.4) is 0 Å². The Kier molecular flexibility index (Phi) is 8.58. The quantitative estimate of drug-likeness (QED) is 0.165. The lowest BCUT2D eigenvalue weighted by Gasteiger charge is -2.44. The van der Waals surface area contributed by atoms with Gasteiger partial charge in [-0.25, -0.2) is 0 Å². The number of rotatable bonds is 6. The van der Waals surface area contributed by atoms with Crippen LogP contribution in [-0.4, -0.2) is 0 Å². The molecule has 10 aromatic carbocycles. The molecule has 2 aliphatic rings. The second-order valence-corrected chi connectivity index (χ2v) is 18.5. The summed E-state index contributed by atoms with van der Waals surface area (Å²) < 4.78 is 0. The van der Waals surface area contributed by atoms with E-state index in [4.69, 9.17) is 0 Å². The molecule has 306 valence electrons. The largest absolute Gasteiger partial charge is 0.308 e. The Balaban J connectivity index is 1.15. The van der Waals surface area contributed by atoms with Gasteiger partial charge in [0.05, 0.1) is 22.7 Å². The SMILES string of the molecule is CC1(C)c2ccccc2-c2ccc(N(c3ccc(-c4ccccc4)cc3)c3ccc4ccccc4c3N3c4ccccc4C(C)(C)c4c(-c5cccc6ccccc56)cccc43)cc21. The van der Waals surface area contributed by atoms with E-state index in [0.29, 0.717) is 0 Å². The average molecular weight is 821 g/mol. The summed E-state index contributed by atoms with van der Waals surface area (Å²) in [5.41, 5.74) is 19.3. The first-order valence-corrected chi connectivity index (χ1v) is 22.5. The van der Waals surface area contributed by atoms with Gasteiger partial charge in [-0.2, -0.15) is 0 Å². The number of hydrogen-bond donors (Lipinski definition) is 0. The molecule has 0 atom stereocenters. The first-order chi connectivity index (χ1) is 31.3. The van der Waals surface area contributed by atoms with Crippen molar-refractivity contribution < 1.29 is 0 Å². The second-order valence-electron chi connectivity index (χ2n) is 18.5. The minimum Gasteiger partial charge on any atom is -0.308 e. The molecule has 10 aromatic rings. The zero-order valence-electron chi connectivity index (χ0n) is 36.7. The number of benzene rings is 10. The topological polar surface area (TPSA) is 6.48 Å². The third-order valence-corrected chi connectivity index (χ3v) is 14.2. The lowest BCUT2D eigenvalue weighted by atomic mass is 9.70. The van der Waals surface area contributed by atoms with Crippen LogP contribution in [0, 0.1) is 0 Å². The van der Waals surface area contributed by atoms with Crippen LogP contribution >= 0.6 is 0 Å². The Bertz CT molecular complexity index is 3440. The molecule has 0 aromatic heterocycles. The smallest absolute Gasteiger partial charge is 0.0781 e. The van der Waals surface area contributed by atoms with E-state index >= 15 is 0 Å². The van der Waals surface area contributed by atoms with Gasteiger partial charge in [-0.3, -0.25) is 0 Å². The van der Waals surface area contributed by atoms with Gasteiger partial charge in [-0.1, -0.05) is 204 Å². The van der Waals surface area contributed by atoms with E-state index in [2.05, 4.69) is 256 Å². The van der Waals surface area contributed by atoms with Crippen LogP contribution in [0.1, 0.15) is 49.9 Å². The molecule has 0 fully saturated rings. The molecular weight excluding hydrogens is 773 g/mol. The van der Waals surface area contributed by atoms with Crippen molar-refractivity contribution in [3.8, 4) is 33.4 Å². The predicted octanol–water partition coefficient (Wildman–Crippen LogP) is 17.2. The Morgan fingerprint density at radius 2 is 0.922 bits per heavy atom. The van der Waals surface area contributed by atoms with E-state index < -0.39 is 0 Å². The van der Waals surface area contributed by atoms with Gasteiger partial charge in [0.2, 0.25) is 0 Å². The molecule has 1 aliphatic heterocycles. The monoisotopic (exact) mass is 820 g/mol. The van der Waals surface area contributed by atoms with Gasteiger partial charge in [0.25, 0.3) is 0 Å². The normalized spacial score (nSPS) is 14.2. The number of hydrogen-bond acceptors (Lipinski definition) is 2. The van der Waals surface area contributed by atoms with Crippen molar-refractivity contribution in [2.75, 3.05) is 9.80 Å². The Morgan fingerprint density at radius 1 is 0.359 bits per heavy atom. The van der Waals surface area contributed by atoms with Crippen LogP contribution < -0.4 is 9.80 Å². The Morgan fingerprint density at radius 3 is 1.73 bits per heavy atom. The first-order valence-electron chi connectivity index (χ1n) is 22.5. The van der Waals surface area contributed by atoms with Gasteiger partial charge >= 0.3 is 0 Å². The Labute approximate surface area is 376 Å². The van der Waals surface area contributed by atoms with Crippen LogP contribution in [0.2, 0.25) is 0 Å². The van der Waals surface area contributed by atoms with E-state index in [0.717, 1.165) is 22.7 Å². The molecule has 0 unspecified atom stereocenters. The number of nitrogens with zero attached hydrogens (tertiary/aromatic N) is 2. The van der Waals surface area contributed by atoms with E-state index in [1.165, 1.54) is 88.6 Å². The van der Waals surface area contributed by atoms with Crippen LogP contribution in [0.5, 0.6) is 0 Å². The molecule has 0 radical (unpaired) electrons. The maximum atomic E-state index is 2.58. The van der Waals surface area contributed by atoms with Gasteiger partial charge < -0.3 is 9.80 Å². The number of fused-ring (bicyclic) bond motifs is 7. The highest BCUT2D eigenvalue weighted by atomic mass is 15.2. The highest BCUT2D eigenvalue weighted by molar-refractivity contribution is 6.10. The molecule has 1 aliphatic carbocycles. The van der Waals surface area contributed by atoms with E-state index in [9.17, 15) is 0 Å². The van der Waals surface area contributed by atoms with Crippen molar-refractivity contribution in [1.82, 2.24) is 0 Å². The number of anilines is 6. The molecular formula is C62H48N2. The van der Waals surface area contributed by atoms with Crippen molar-refractivity contribution in [2.24, 2.45) is 0 Å². The summed E-state index contributed by atoms with van der Waals surface area (Å²) in [4.78, 5) is 5.09. The molecule has 12 rings (SSSR count). The maximum Gasteiger partial charge on any atom is 0.0781 e. The second kappa shape index (κ2) is 14.4. The van der Waals surface area contributed by atoms with Crippen molar-refractivity contribution in [3.63, 3.8) is 0 Å². The van der Waals surface area contributed by atoms with E-state index in [1.807, 2.05) is 0 Å². The van der Waals surface area contributed by atoms with Gasteiger partial charge in [-0.15, -0.1) is 0 Å². The molecule has 1 heterocycles. The van der Waals surface area contributed by atoms with Gasteiger partial charge in [0.15, 0.2) is 0 Å². The summed E-state index contributed by atoms with van der Waals surface area (Å²) >= 11 is 0. The summed E-state index contributed by atoms with van der Waals surface area (Å²) in [7, 11) is 0. The molecule has 2 heteroatoms. The van der Waals surface area contributed by atoms with Crippen LogP contribution in [0.15, 0.2) is 218 Å². The zero-order chi connectivity index (χ0) is 43.2. The highest BCUT2D eigenvalue weighted by Gasteiger charge is 2.41. The summed E-state index contributed by atoms with van der Waals surface area (Å²) in [5.74, 6) is 0. The van der Waals surface area contributed by atoms with Gasteiger partial charge in [-0.05, 0) is 114 Å².